The molecule has 2 rings (SSSR count). The summed E-state index contributed by atoms with van der Waals surface area (Å²) in [6.45, 7) is 6.98. The maximum Gasteiger partial charge on any atom is 0.133 e. The lowest BCUT2D eigenvalue weighted by Crippen LogP contribution is -2.22. The van der Waals surface area contributed by atoms with Crippen LogP contribution in [0.4, 0.5) is 5.82 Å². The third kappa shape index (κ3) is 3.19. The van der Waals surface area contributed by atoms with E-state index in [-0.39, 0.29) is 6.10 Å². The van der Waals surface area contributed by atoms with Crippen LogP contribution in [0.5, 0.6) is 0 Å². The fraction of sp³-hybridized carbons (Fsp3) is 0.714. The molecule has 1 fully saturated rings. The van der Waals surface area contributed by atoms with E-state index in [1.165, 1.54) is 0 Å². The highest BCUT2D eigenvalue weighted by Gasteiger charge is 2.24. The molecule has 18 heavy (non-hydrogen) atoms. The second-order valence-electron chi connectivity index (χ2n) is 5.55. The number of aliphatic hydroxyl groups excluding tert-OH is 1. The Bertz CT molecular complexity index is 406. The van der Waals surface area contributed by atoms with E-state index in [9.17, 15) is 5.11 Å². The minimum atomic E-state index is -0.148. The molecule has 1 saturated carbocycles. The maximum absolute atomic E-state index is 9.79. The number of nitrogens with one attached hydrogen (secondary N) is 1. The summed E-state index contributed by atoms with van der Waals surface area (Å²) >= 11 is 0. The number of hydrogen-bond donors (Lipinski definition) is 2. The van der Waals surface area contributed by atoms with Gasteiger partial charge in [0.25, 0.3) is 0 Å². The largest absolute Gasteiger partial charge is 0.393 e. The number of anilines is 1. The molecule has 1 heterocycles. The summed E-state index contributed by atoms with van der Waals surface area (Å²) in [6, 6.07) is 1.97. The van der Waals surface area contributed by atoms with Gasteiger partial charge in [-0.1, -0.05) is 20.3 Å². The molecule has 1 aromatic heterocycles. The van der Waals surface area contributed by atoms with Gasteiger partial charge in [-0.15, -0.1) is 0 Å². The van der Waals surface area contributed by atoms with Crippen molar-refractivity contribution < 1.29 is 5.11 Å². The summed E-state index contributed by atoms with van der Waals surface area (Å²) in [4.78, 5) is 8.94. The predicted octanol–water partition coefficient (Wildman–Crippen LogP) is 2.48. The van der Waals surface area contributed by atoms with Crippen LogP contribution in [0.3, 0.4) is 0 Å². The summed E-state index contributed by atoms with van der Waals surface area (Å²) in [5.41, 5.74) is 0.989. The second-order valence-corrected chi connectivity index (χ2v) is 5.55. The summed E-state index contributed by atoms with van der Waals surface area (Å²) in [7, 11) is 0. The first-order valence-electron chi connectivity index (χ1n) is 6.83. The molecule has 0 radical (unpaired) electrons. The molecule has 100 valence electrons. The minimum Gasteiger partial charge on any atom is -0.393 e. The average molecular weight is 249 g/mol. The van der Waals surface area contributed by atoms with E-state index < -0.39 is 0 Å². The van der Waals surface area contributed by atoms with Crippen LogP contribution in [0.2, 0.25) is 0 Å². The van der Waals surface area contributed by atoms with Crippen LogP contribution in [0.1, 0.15) is 50.5 Å². The number of nitrogens with zero attached hydrogens (tertiary/aromatic N) is 2. The molecule has 0 aliphatic heterocycles. The third-order valence-corrected chi connectivity index (χ3v) is 3.55. The summed E-state index contributed by atoms with van der Waals surface area (Å²) in [6.07, 6.45) is 3.03. The van der Waals surface area contributed by atoms with Crippen LogP contribution in [0, 0.1) is 12.8 Å². The van der Waals surface area contributed by atoms with Crippen molar-refractivity contribution in [2.75, 3.05) is 11.9 Å². The maximum atomic E-state index is 9.79. The van der Waals surface area contributed by atoms with E-state index in [1.54, 1.807) is 0 Å². The summed E-state index contributed by atoms with van der Waals surface area (Å²) in [5.74, 6) is 2.46. The topological polar surface area (TPSA) is 58.0 Å². The lowest BCUT2D eigenvalue weighted by atomic mass is 10.1. The van der Waals surface area contributed by atoms with E-state index in [2.05, 4.69) is 29.1 Å². The fourth-order valence-electron chi connectivity index (χ4n) is 2.43. The fourth-order valence-corrected chi connectivity index (χ4v) is 2.43. The van der Waals surface area contributed by atoms with Gasteiger partial charge in [0.15, 0.2) is 0 Å². The molecular formula is C14H23N3O. The molecule has 0 amide bonds. The summed E-state index contributed by atoms with van der Waals surface area (Å²) < 4.78 is 0. The smallest absolute Gasteiger partial charge is 0.133 e. The first-order valence-corrected chi connectivity index (χ1v) is 6.83. The Hall–Kier alpha value is -1.16. The average Bonchev–Trinajstić information content (AvgIpc) is 2.71. The third-order valence-electron chi connectivity index (χ3n) is 3.55. The monoisotopic (exact) mass is 249 g/mol. The van der Waals surface area contributed by atoms with E-state index in [1.807, 2.05) is 13.0 Å². The van der Waals surface area contributed by atoms with Crippen LogP contribution in [-0.4, -0.2) is 27.7 Å². The highest BCUT2D eigenvalue weighted by molar-refractivity contribution is 5.36. The van der Waals surface area contributed by atoms with Crippen molar-refractivity contribution in [2.45, 2.75) is 52.1 Å². The zero-order valence-corrected chi connectivity index (χ0v) is 11.5. The number of aliphatic hydroxyl groups is 1. The van der Waals surface area contributed by atoms with Crippen molar-refractivity contribution in [3.8, 4) is 0 Å². The van der Waals surface area contributed by atoms with Gasteiger partial charge < -0.3 is 10.4 Å². The van der Waals surface area contributed by atoms with Crippen LogP contribution in [0.15, 0.2) is 6.07 Å². The molecule has 2 N–H and O–H groups in total. The second kappa shape index (κ2) is 5.65. The highest BCUT2D eigenvalue weighted by atomic mass is 16.3. The van der Waals surface area contributed by atoms with Crippen molar-refractivity contribution in [1.82, 2.24) is 9.97 Å². The van der Waals surface area contributed by atoms with Gasteiger partial charge in [0.1, 0.15) is 11.6 Å². The standard InChI is InChI=1S/C14H23N3O/c1-9(2)14-16-10(3)7-13(17-14)15-8-11-5-4-6-12(11)18/h7,9,11-12,18H,4-6,8H2,1-3H3,(H,15,16,17). The van der Waals surface area contributed by atoms with E-state index >= 15 is 0 Å². The number of hydrogen-bond acceptors (Lipinski definition) is 4. The van der Waals surface area contributed by atoms with Gasteiger partial charge in [0.2, 0.25) is 0 Å². The highest BCUT2D eigenvalue weighted by Crippen LogP contribution is 2.25. The number of rotatable bonds is 4. The molecule has 0 spiro atoms. The van der Waals surface area contributed by atoms with Crippen molar-refractivity contribution in [2.24, 2.45) is 5.92 Å². The van der Waals surface area contributed by atoms with Crippen LogP contribution >= 0.6 is 0 Å². The van der Waals surface area contributed by atoms with Crippen molar-refractivity contribution in [1.29, 1.82) is 0 Å². The van der Waals surface area contributed by atoms with Gasteiger partial charge in [0.05, 0.1) is 6.10 Å². The van der Waals surface area contributed by atoms with Gasteiger partial charge in [-0.2, -0.15) is 0 Å². The molecule has 0 saturated heterocycles. The molecular weight excluding hydrogens is 226 g/mol. The SMILES string of the molecule is Cc1cc(NCC2CCCC2O)nc(C(C)C)n1. The quantitative estimate of drug-likeness (QED) is 0.860. The van der Waals surface area contributed by atoms with Crippen LogP contribution < -0.4 is 5.32 Å². The van der Waals surface area contributed by atoms with Gasteiger partial charge in [-0.25, -0.2) is 9.97 Å². The molecule has 0 aromatic carbocycles. The number of aromatic nitrogens is 2. The van der Waals surface area contributed by atoms with Crippen molar-refractivity contribution in [3.05, 3.63) is 17.6 Å². The van der Waals surface area contributed by atoms with Gasteiger partial charge in [-0.05, 0) is 19.8 Å². The lowest BCUT2D eigenvalue weighted by molar-refractivity contribution is 0.138. The predicted molar refractivity (Wildman–Crippen MR) is 72.7 cm³/mol. The zero-order chi connectivity index (χ0) is 13.1. The molecule has 2 atom stereocenters. The van der Waals surface area contributed by atoms with Gasteiger partial charge in [-0.3, -0.25) is 0 Å². The molecule has 2 unspecified atom stereocenters. The first kappa shape index (κ1) is 13.3. The lowest BCUT2D eigenvalue weighted by Gasteiger charge is -2.16. The van der Waals surface area contributed by atoms with E-state index in [4.69, 9.17) is 0 Å². The molecule has 1 aliphatic carbocycles. The van der Waals surface area contributed by atoms with Gasteiger partial charge in [0, 0.05) is 30.1 Å². The summed E-state index contributed by atoms with van der Waals surface area (Å²) in [5, 5.41) is 13.1. The Balaban J connectivity index is 2.00. The molecule has 1 aliphatic rings. The van der Waals surface area contributed by atoms with Crippen molar-refractivity contribution in [3.63, 3.8) is 0 Å². The van der Waals surface area contributed by atoms with E-state index in [0.29, 0.717) is 11.8 Å². The molecule has 1 aromatic rings. The Morgan fingerprint density at radius 1 is 1.39 bits per heavy atom. The zero-order valence-electron chi connectivity index (χ0n) is 11.5. The number of aryl methyl sites for hydroxylation is 1. The Labute approximate surface area is 109 Å². The van der Waals surface area contributed by atoms with Crippen molar-refractivity contribution >= 4 is 5.82 Å². The molecule has 4 heteroatoms. The Kier molecular flexibility index (Phi) is 4.17. The normalized spacial score (nSPS) is 23.6. The van der Waals surface area contributed by atoms with Gasteiger partial charge >= 0.3 is 0 Å². The Morgan fingerprint density at radius 2 is 2.17 bits per heavy atom. The minimum absolute atomic E-state index is 0.148. The van der Waals surface area contributed by atoms with E-state index in [0.717, 1.165) is 43.1 Å². The van der Waals surface area contributed by atoms with Crippen LogP contribution in [-0.2, 0) is 0 Å². The molecule has 4 nitrogen and oxygen atoms in total. The first-order chi connectivity index (χ1) is 8.56. The molecule has 0 bridgehead atoms. The Morgan fingerprint density at radius 3 is 2.78 bits per heavy atom. The van der Waals surface area contributed by atoms with Crippen LogP contribution in [0.25, 0.3) is 0 Å².